The summed E-state index contributed by atoms with van der Waals surface area (Å²) in [6.07, 6.45) is 4.18. The second-order valence-electron chi connectivity index (χ2n) is 7.05. The van der Waals surface area contributed by atoms with Crippen LogP contribution in [0.1, 0.15) is 38.2 Å². The van der Waals surface area contributed by atoms with Crippen molar-refractivity contribution in [2.75, 3.05) is 26.2 Å². The van der Waals surface area contributed by atoms with Gasteiger partial charge in [-0.15, -0.1) is 0 Å². The topological polar surface area (TPSA) is 23.6 Å². The molecule has 2 unspecified atom stereocenters. The van der Waals surface area contributed by atoms with Gasteiger partial charge >= 0.3 is 0 Å². The van der Waals surface area contributed by atoms with Crippen molar-refractivity contribution in [1.82, 2.24) is 9.80 Å². The van der Waals surface area contributed by atoms with E-state index in [9.17, 15) is 4.79 Å². The van der Waals surface area contributed by atoms with Crippen molar-refractivity contribution in [2.45, 2.75) is 45.2 Å². The SMILES string of the molecule is CC1CN(Cc2ccccc2)CCN(C2CCCCC2=O)C1. The zero-order chi connectivity index (χ0) is 15.4. The number of hydrogen-bond acceptors (Lipinski definition) is 3. The minimum atomic E-state index is 0.202. The number of benzene rings is 1. The summed E-state index contributed by atoms with van der Waals surface area (Å²) in [5, 5.41) is 0. The van der Waals surface area contributed by atoms with Gasteiger partial charge in [0.1, 0.15) is 5.78 Å². The summed E-state index contributed by atoms with van der Waals surface area (Å²) in [5.74, 6) is 1.11. The average molecular weight is 300 g/mol. The van der Waals surface area contributed by atoms with Gasteiger partial charge in [-0.3, -0.25) is 14.6 Å². The number of carbonyl (C=O) groups is 1. The molecule has 0 bridgehead atoms. The Labute approximate surface area is 134 Å². The van der Waals surface area contributed by atoms with Gasteiger partial charge in [-0.05, 0) is 24.3 Å². The van der Waals surface area contributed by atoms with E-state index in [1.54, 1.807) is 0 Å². The lowest BCUT2D eigenvalue weighted by Gasteiger charge is -2.33. The first-order valence-corrected chi connectivity index (χ1v) is 8.75. The predicted octanol–water partition coefficient (Wildman–Crippen LogP) is 2.95. The monoisotopic (exact) mass is 300 g/mol. The van der Waals surface area contributed by atoms with E-state index in [4.69, 9.17) is 0 Å². The standard InChI is InChI=1S/C19H28N2O/c1-16-13-20(15-17-7-3-2-4-8-17)11-12-21(14-16)18-9-5-6-10-19(18)22/h2-4,7-8,16,18H,5-6,9-15H2,1H3. The molecule has 3 rings (SSSR count). The molecule has 1 saturated heterocycles. The number of carbonyl (C=O) groups excluding carboxylic acids is 1. The molecule has 1 heterocycles. The molecule has 1 aromatic rings. The van der Waals surface area contributed by atoms with Gasteiger partial charge in [-0.2, -0.15) is 0 Å². The van der Waals surface area contributed by atoms with E-state index >= 15 is 0 Å². The van der Waals surface area contributed by atoms with Crippen molar-refractivity contribution in [1.29, 1.82) is 0 Å². The molecule has 22 heavy (non-hydrogen) atoms. The molecule has 0 amide bonds. The molecule has 3 heteroatoms. The van der Waals surface area contributed by atoms with Crippen LogP contribution >= 0.6 is 0 Å². The number of rotatable bonds is 3. The van der Waals surface area contributed by atoms with E-state index in [2.05, 4.69) is 47.1 Å². The first-order chi connectivity index (χ1) is 10.7. The molecule has 3 nitrogen and oxygen atoms in total. The first kappa shape index (κ1) is 15.7. The summed E-state index contributed by atoms with van der Waals surface area (Å²) in [6.45, 7) is 7.66. The van der Waals surface area contributed by atoms with Crippen LogP contribution in [0.4, 0.5) is 0 Å². The highest BCUT2D eigenvalue weighted by Crippen LogP contribution is 2.22. The third kappa shape index (κ3) is 3.96. The van der Waals surface area contributed by atoms with Crippen LogP contribution < -0.4 is 0 Å². The molecule has 1 aromatic carbocycles. The van der Waals surface area contributed by atoms with Crippen LogP contribution in [-0.4, -0.2) is 47.8 Å². The summed E-state index contributed by atoms with van der Waals surface area (Å²) in [4.78, 5) is 17.2. The highest BCUT2D eigenvalue weighted by atomic mass is 16.1. The molecule has 1 saturated carbocycles. The Morgan fingerprint density at radius 2 is 1.91 bits per heavy atom. The molecule has 1 aliphatic heterocycles. The molecule has 120 valence electrons. The van der Waals surface area contributed by atoms with E-state index in [0.717, 1.165) is 52.0 Å². The number of hydrogen-bond donors (Lipinski definition) is 0. The van der Waals surface area contributed by atoms with Crippen LogP contribution in [0.25, 0.3) is 0 Å². The molecular formula is C19H28N2O. The largest absolute Gasteiger partial charge is 0.298 e. The second kappa shape index (κ2) is 7.38. The van der Waals surface area contributed by atoms with Crippen LogP contribution in [0.2, 0.25) is 0 Å². The lowest BCUT2D eigenvalue weighted by Crippen LogP contribution is -2.45. The highest BCUT2D eigenvalue weighted by molar-refractivity contribution is 5.84. The van der Waals surface area contributed by atoms with E-state index < -0.39 is 0 Å². The quantitative estimate of drug-likeness (QED) is 0.857. The minimum absolute atomic E-state index is 0.202. The van der Waals surface area contributed by atoms with Crippen LogP contribution in [0.5, 0.6) is 0 Å². The Morgan fingerprint density at radius 3 is 2.68 bits per heavy atom. The van der Waals surface area contributed by atoms with Gasteiger partial charge in [0, 0.05) is 39.1 Å². The molecule has 0 N–H and O–H groups in total. The number of nitrogens with zero attached hydrogens (tertiary/aromatic N) is 2. The van der Waals surface area contributed by atoms with Crippen molar-refractivity contribution in [2.24, 2.45) is 5.92 Å². The number of ketones is 1. The van der Waals surface area contributed by atoms with Gasteiger partial charge in [0.2, 0.25) is 0 Å². The molecule has 2 atom stereocenters. The van der Waals surface area contributed by atoms with Crippen LogP contribution in [0, 0.1) is 5.92 Å². The zero-order valence-corrected chi connectivity index (χ0v) is 13.7. The fraction of sp³-hybridized carbons (Fsp3) is 0.632. The molecule has 1 aliphatic carbocycles. The van der Waals surface area contributed by atoms with Crippen molar-refractivity contribution in [3.63, 3.8) is 0 Å². The Balaban J connectivity index is 1.61. The first-order valence-electron chi connectivity index (χ1n) is 8.75. The maximum Gasteiger partial charge on any atom is 0.149 e. The van der Waals surface area contributed by atoms with Gasteiger partial charge in [-0.1, -0.05) is 43.7 Å². The molecule has 2 aliphatic rings. The van der Waals surface area contributed by atoms with Gasteiger partial charge in [0.15, 0.2) is 0 Å². The van der Waals surface area contributed by atoms with E-state index in [0.29, 0.717) is 11.7 Å². The molecular weight excluding hydrogens is 272 g/mol. The Bertz CT molecular complexity index is 487. The minimum Gasteiger partial charge on any atom is -0.298 e. The van der Waals surface area contributed by atoms with Crippen molar-refractivity contribution < 1.29 is 4.79 Å². The smallest absolute Gasteiger partial charge is 0.149 e. The predicted molar refractivity (Wildman–Crippen MR) is 89.7 cm³/mol. The van der Waals surface area contributed by atoms with Crippen LogP contribution in [0.3, 0.4) is 0 Å². The zero-order valence-electron chi connectivity index (χ0n) is 13.7. The normalized spacial score (nSPS) is 28.5. The fourth-order valence-corrected chi connectivity index (χ4v) is 3.97. The summed E-state index contributed by atoms with van der Waals surface area (Å²) < 4.78 is 0. The van der Waals surface area contributed by atoms with Gasteiger partial charge < -0.3 is 0 Å². The van der Waals surface area contributed by atoms with Crippen LogP contribution in [-0.2, 0) is 11.3 Å². The average Bonchev–Trinajstić information content (AvgIpc) is 2.70. The molecule has 2 fully saturated rings. The van der Waals surface area contributed by atoms with Gasteiger partial charge in [0.25, 0.3) is 0 Å². The summed E-state index contributed by atoms with van der Waals surface area (Å²) in [5.41, 5.74) is 1.39. The molecule has 0 aromatic heterocycles. The molecule has 0 spiro atoms. The summed E-state index contributed by atoms with van der Waals surface area (Å²) >= 11 is 0. The lowest BCUT2D eigenvalue weighted by atomic mass is 9.92. The third-order valence-electron chi connectivity index (χ3n) is 5.03. The summed E-state index contributed by atoms with van der Waals surface area (Å²) in [6, 6.07) is 10.9. The third-order valence-corrected chi connectivity index (χ3v) is 5.03. The highest BCUT2D eigenvalue weighted by Gasteiger charge is 2.31. The maximum absolute atomic E-state index is 12.2. The Morgan fingerprint density at radius 1 is 1.09 bits per heavy atom. The van der Waals surface area contributed by atoms with E-state index in [-0.39, 0.29) is 6.04 Å². The van der Waals surface area contributed by atoms with Crippen molar-refractivity contribution >= 4 is 5.78 Å². The van der Waals surface area contributed by atoms with Crippen molar-refractivity contribution in [3.05, 3.63) is 35.9 Å². The molecule has 0 radical (unpaired) electrons. The maximum atomic E-state index is 12.2. The van der Waals surface area contributed by atoms with E-state index in [1.807, 2.05) is 0 Å². The van der Waals surface area contributed by atoms with Gasteiger partial charge in [0.05, 0.1) is 6.04 Å². The van der Waals surface area contributed by atoms with Crippen molar-refractivity contribution in [3.8, 4) is 0 Å². The van der Waals surface area contributed by atoms with Gasteiger partial charge in [-0.25, -0.2) is 0 Å². The van der Waals surface area contributed by atoms with Crippen LogP contribution in [0.15, 0.2) is 30.3 Å². The Kier molecular flexibility index (Phi) is 5.27. The fourth-order valence-electron chi connectivity index (χ4n) is 3.97. The number of Topliss-reactive ketones (excluding diaryl/α,β-unsaturated/α-hetero) is 1. The Hall–Kier alpha value is -1.19. The lowest BCUT2D eigenvalue weighted by molar-refractivity contribution is -0.126. The summed E-state index contributed by atoms with van der Waals surface area (Å²) in [7, 11) is 0. The van der Waals surface area contributed by atoms with E-state index in [1.165, 1.54) is 12.0 Å². The second-order valence-corrected chi connectivity index (χ2v) is 7.05.